The Morgan fingerprint density at radius 3 is 2.16 bits per heavy atom. The lowest BCUT2D eigenvalue weighted by molar-refractivity contribution is 0.553. The first-order chi connectivity index (χ1) is 8.68. The molecule has 0 aliphatic carbocycles. The van der Waals surface area contributed by atoms with E-state index in [-0.39, 0.29) is 10.8 Å². The first kappa shape index (κ1) is 13.8. The van der Waals surface area contributed by atoms with E-state index in [4.69, 9.17) is 0 Å². The van der Waals surface area contributed by atoms with Crippen molar-refractivity contribution in [2.24, 2.45) is 0 Å². The number of hydrogen-bond donors (Lipinski definition) is 1. The summed E-state index contributed by atoms with van der Waals surface area (Å²) >= 11 is 0. The van der Waals surface area contributed by atoms with Gasteiger partial charge in [0.1, 0.15) is 5.82 Å². The molecule has 0 radical (unpaired) electrons. The highest BCUT2D eigenvalue weighted by Crippen LogP contribution is 2.26. The van der Waals surface area contributed by atoms with Crippen molar-refractivity contribution in [3.8, 4) is 11.3 Å². The van der Waals surface area contributed by atoms with E-state index in [2.05, 4.69) is 62.6 Å². The minimum Gasteiger partial charge on any atom is -0.342 e. The molecule has 3 heteroatoms. The van der Waals surface area contributed by atoms with Crippen molar-refractivity contribution < 1.29 is 0 Å². The predicted molar refractivity (Wildman–Crippen MR) is 79.2 cm³/mol. The Labute approximate surface area is 115 Å². The summed E-state index contributed by atoms with van der Waals surface area (Å²) in [5.74, 6) is 1.01. The number of nitrogens with zero attached hydrogens (tertiary/aromatic N) is 2. The van der Waals surface area contributed by atoms with Crippen molar-refractivity contribution >= 4 is 0 Å². The topological polar surface area (TPSA) is 41.6 Å². The fourth-order valence-electron chi connectivity index (χ4n) is 1.86. The second kappa shape index (κ2) is 4.48. The third-order valence-electron chi connectivity index (χ3n) is 3.13. The van der Waals surface area contributed by atoms with Crippen LogP contribution in [0.4, 0.5) is 0 Å². The summed E-state index contributed by atoms with van der Waals surface area (Å²) in [7, 11) is 0. The molecule has 102 valence electrons. The monoisotopic (exact) mass is 257 g/mol. The zero-order valence-electron chi connectivity index (χ0n) is 12.7. The minimum absolute atomic E-state index is 0.0398. The highest BCUT2D eigenvalue weighted by atomic mass is 14.9. The number of pyridine rings is 1. The zero-order chi connectivity index (χ0) is 14.3. The summed E-state index contributed by atoms with van der Waals surface area (Å²) in [6.07, 6.45) is 3.77. The SMILES string of the molecule is CC(C)(C)c1cc(-c2cnc(C(C)(C)C)[nH]2)ccn1. The van der Waals surface area contributed by atoms with Gasteiger partial charge in [0, 0.05) is 28.3 Å². The van der Waals surface area contributed by atoms with Gasteiger partial charge in [0.05, 0.1) is 11.9 Å². The Morgan fingerprint density at radius 1 is 0.947 bits per heavy atom. The van der Waals surface area contributed by atoms with Crippen LogP contribution < -0.4 is 0 Å². The van der Waals surface area contributed by atoms with E-state index in [1.54, 1.807) is 0 Å². The fourth-order valence-corrected chi connectivity index (χ4v) is 1.86. The van der Waals surface area contributed by atoms with Crippen molar-refractivity contribution in [3.63, 3.8) is 0 Å². The average molecular weight is 257 g/mol. The number of rotatable bonds is 1. The highest BCUT2D eigenvalue weighted by molar-refractivity contribution is 5.59. The summed E-state index contributed by atoms with van der Waals surface area (Å²) in [4.78, 5) is 12.3. The highest BCUT2D eigenvalue weighted by Gasteiger charge is 2.19. The maximum atomic E-state index is 4.48. The van der Waals surface area contributed by atoms with Crippen molar-refractivity contribution in [1.82, 2.24) is 15.0 Å². The summed E-state index contributed by atoms with van der Waals surface area (Å²) < 4.78 is 0. The molecule has 3 nitrogen and oxygen atoms in total. The Hall–Kier alpha value is -1.64. The van der Waals surface area contributed by atoms with E-state index in [0.717, 1.165) is 22.8 Å². The van der Waals surface area contributed by atoms with Gasteiger partial charge in [-0.1, -0.05) is 41.5 Å². The summed E-state index contributed by atoms with van der Waals surface area (Å²) in [5.41, 5.74) is 3.39. The first-order valence-electron chi connectivity index (χ1n) is 6.70. The minimum atomic E-state index is 0.0398. The molecule has 0 amide bonds. The van der Waals surface area contributed by atoms with Crippen LogP contribution in [0.2, 0.25) is 0 Å². The lowest BCUT2D eigenvalue weighted by Gasteiger charge is -2.18. The number of imidazole rings is 1. The molecule has 2 heterocycles. The number of aromatic nitrogens is 3. The predicted octanol–water partition coefficient (Wildman–Crippen LogP) is 4.07. The zero-order valence-corrected chi connectivity index (χ0v) is 12.7. The van der Waals surface area contributed by atoms with Crippen LogP contribution >= 0.6 is 0 Å². The maximum Gasteiger partial charge on any atom is 0.111 e. The van der Waals surface area contributed by atoms with Crippen LogP contribution in [0.3, 0.4) is 0 Å². The second-order valence-electron chi connectivity index (χ2n) is 7.08. The molecule has 0 saturated carbocycles. The van der Waals surface area contributed by atoms with Crippen LogP contribution in [0.25, 0.3) is 11.3 Å². The van der Waals surface area contributed by atoms with Crippen LogP contribution in [0.15, 0.2) is 24.5 Å². The molecule has 2 rings (SSSR count). The molecule has 0 aliphatic rings. The van der Waals surface area contributed by atoms with Gasteiger partial charge in [-0.3, -0.25) is 4.98 Å². The molecular weight excluding hydrogens is 234 g/mol. The van der Waals surface area contributed by atoms with Gasteiger partial charge in [-0.25, -0.2) is 4.98 Å². The van der Waals surface area contributed by atoms with Gasteiger partial charge in [-0.15, -0.1) is 0 Å². The van der Waals surface area contributed by atoms with Crippen LogP contribution in [0.1, 0.15) is 53.1 Å². The van der Waals surface area contributed by atoms with Gasteiger partial charge in [0.25, 0.3) is 0 Å². The smallest absolute Gasteiger partial charge is 0.111 e. The van der Waals surface area contributed by atoms with E-state index < -0.39 is 0 Å². The van der Waals surface area contributed by atoms with Crippen LogP contribution in [-0.2, 0) is 10.8 Å². The van der Waals surface area contributed by atoms with E-state index in [1.165, 1.54) is 0 Å². The second-order valence-corrected chi connectivity index (χ2v) is 7.08. The van der Waals surface area contributed by atoms with Gasteiger partial charge >= 0.3 is 0 Å². The number of nitrogens with one attached hydrogen (secondary N) is 1. The molecule has 19 heavy (non-hydrogen) atoms. The van der Waals surface area contributed by atoms with E-state index in [9.17, 15) is 0 Å². The van der Waals surface area contributed by atoms with Crippen molar-refractivity contribution in [2.45, 2.75) is 52.4 Å². The van der Waals surface area contributed by atoms with E-state index >= 15 is 0 Å². The largest absolute Gasteiger partial charge is 0.342 e. The summed E-state index contributed by atoms with van der Waals surface area (Å²) in [6, 6.07) is 4.16. The lowest BCUT2D eigenvalue weighted by atomic mass is 9.90. The van der Waals surface area contributed by atoms with Gasteiger partial charge in [-0.05, 0) is 12.1 Å². The standard InChI is InChI=1S/C16H23N3/c1-15(2,3)13-9-11(7-8-17-13)12-10-18-14(19-12)16(4,5)6/h7-10H,1-6H3,(H,18,19). The molecule has 1 N–H and O–H groups in total. The Balaban J connectivity index is 2.40. The van der Waals surface area contributed by atoms with Crippen molar-refractivity contribution in [3.05, 3.63) is 36.0 Å². The molecule has 2 aromatic rings. The van der Waals surface area contributed by atoms with E-state index in [1.807, 2.05) is 18.5 Å². The third-order valence-corrected chi connectivity index (χ3v) is 3.13. The Kier molecular flexibility index (Phi) is 3.25. The van der Waals surface area contributed by atoms with Crippen LogP contribution in [-0.4, -0.2) is 15.0 Å². The molecule has 0 aromatic carbocycles. The molecule has 0 fully saturated rings. The molecule has 0 spiro atoms. The van der Waals surface area contributed by atoms with Gasteiger partial charge in [0.2, 0.25) is 0 Å². The van der Waals surface area contributed by atoms with Crippen molar-refractivity contribution in [2.75, 3.05) is 0 Å². The van der Waals surface area contributed by atoms with Gasteiger partial charge in [-0.2, -0.15) is 0 Å². The third kappa shape index (κ3) is 3.03. The average Bonchev–Trinajstić information content (AvgIpc) is 2.77. The van der Waals surface area contributed by atoms with Crippen LogP contribution in [0.5, 0.6) is 0 Å². The molecule has 0 unspecified atom stereocenters. The Bertz CT molecular complexity index is 568. The lowest BCUT2D eigenvalue weighted by Crippen LogP contribution is -2.13. The maximum absolute atomic E-state index is 4.48. The summed E-state index contributed by atoms with van der Waals surface area (Å²) in [5, 5.41) is 0. The number of H-pyrrole nitrogens is 1. The quantitative estimate of drug-likeness (QED) is 0.836. The van der Waals surface area contributed by atoms with Crippen molar-refractivity contribution in [1.29, 1.82) is 0 Å². The molecule has 0 aliphatic heterocycles. The Morgan fingerprint density at radius 2 is 1.63 bits per heavy atom. The molecule has 2 aromatic heterocycles. The summed E-state index contributed by atoms with van der Waals surface area (Å²) in [6.45, 7) is 13.0. The normalized spacial score (nSPS) is 12.7. The molecular formula is C16H23N3. The number of hydrogen-bond acceptors (Lipinski definition) is 2. The fraction of sp³-hybridized carbons (Fsp3) is 0.500. The molecule has 0 bridgehead atoms. The van der Waals surface area contributed by atoms with Gasteiger partial charge in [0.15, 0.2) is 0 Å². The number of aromatic amines is 1. The molecule has 0 atom stereocenters. The first-order valence-corrected chi connectivity index (χ1v) is 6.70. The van der Waals surface area contributed by atoms with Crippen LogP contribution in [0, 0.1) is 0 Å². The molecule has 0 saturated heterocycles. The van der Waals surface area contributed by atoms with Gasteiger partial charge < -0.3 is 4.98 Å². The van der Waals surface area contributed by atoms with E-state index in [0.29, 0.717) is 0 Å².